The van der Waals surface area contributed by atoms with Crippen LogP contribution < -0.4 is 0 Å². The first-order valence-electron chi connectivity index (χ1n) is 6.27. The Balaban J connectivity index is 1.81. The third-order valence-corrected chi connectivity index (χ3v) is 4.07. The largest absolute Gasteiger partial charge is 0.379 e. The quantitative estimate of drug-likeness (QED) is 0.680. The summed E-state index contributed by atoms with van der Waals surface area (Å²) in [6, 6.07) is 0.752. The number of ether oxygens (including phenoxy) is 1. The van der Waals surface area contributed by atoms with E-state index in [9.17, 15) is 0 Å². The first-order chi connectivity index (χ1) is 7.27. The lowest BCUT2D eigenvalue weighted by atomic mass is 9.89. The van der Waals surface area contributed by atoms with Gasteiger partial charge in [0.1, 0.15) is 0 Å². The Bertz CT molecular complexity index is 184. The monoisotopic (exact) mass is 212 g/mol. The van der Waals surface area contributed by atoms with Gasteiger partial charge in [-0.1, -0.05) is 0 Å². The first kappa shape index (κ1) is 11.4. The second kappa shape index (κ2) is 5.28. The Morgan fingerprint density at radius 3 is 2.27 bits per heavy atom. The Morgan fingerprint density at radius 1 is 1.07 bits per heavy atom. The maximum Gasteiger partial charge on any atom is 0.0594 e. The molecule has 0 N–H and O–H groups in total. The van der Waals surface area contributed by atoms with Crippen LogP contribution in [-0.2, 0) is 4.74 Å². The lowest BCUT2D eigenvalue weighted by molar-refractivity contribution is -0.000329. The van der Waals surface area contributed by atoms with Crippen LogP contribution in [0.4, 0.5) is 0 Å². The van der Waals surface area contributed by atoms with Crippen molar-refractivity contribution in [2.45, 2.75) is 25.8 Å². The maximum atomic E-state index is 5.40. The SMILES string of the molecule is C[C@@H](C1CCN(C)CC1)N1CCOCC1. The van der Waals surface area contributed by atoms with E-state index in [0.717, 1.165) is 38.3 Å². The number of nitrogens with zero attached hydrogens (tertiary/aromatic N) is 2. The molecule has 0 bridgehead atoms. The normalized spacial score (nSPS) is 29.2. The van der Waals surface area contributed by atoms with Gasteiger partial charge in [0.25, 0.3) is 0 Å². The summed E-state index contributed by atoms with van der Waals surface area (Å²) >= 11 is 0. The molecule has 3 heteroatoms. The lowest BCUT2D eigenvalue weighted by Crippen LogP contribution is -2.47. The van der Waals surface area contributed by atoms with E-state index in [1.807, 2.05) is 0 Å². The van der Waals surface area contributed by atoms with Crippen LogP contribution in [0, 0.1) is 5.92 Å². The van der Waals surface area contributed by atoms with Crippen LogP contribution in [0.2, 0.25) is 0 Å². The number of hydrogen-bond acceptors (Lipinski definition) is 3. The number of piperidine rings is 1. The summed E-state index contributed by atoms with van der Waals surface area (Å²) in [7, 11) is 2.23. The summed E-state index contributed by atoms with van der Waals surface area (Å²) < 4.78 is 5.40. The lowest BCUT2D eigenvalue weighted by Gasteiger charge is -2.40. The van der Waals surface area contributed by atoms with Gasteiger partial charge in [-0.05, 0) is 45.8 Å². The first-order valence-corrected chi connectivity index (χ1v) is 6.27. The van der Waals surface area contributed by atoms with Crippen LogP contribution in [-0.4, -0.2) is 62.3 Å². The van der Waals surface area contributed by atoms with Crippen molar-refractivity contribution in [2.24, 2.45) is 5.92 Å². The van der Waals surface area contributed by atoms with E-state index in [-0.39, 0.29) is 0 Å². The molecule has 0 aromatic heterocycles. The highest BCUT2D eigenvalue weighted by Gasteiger charge is 2.27. The molecule has 2 fully saturated rings. The Kier molecular flexibility index (Phi) is 4.00. The van der Waals surface area contributed by atoms with E-state index < -0.39 is 0 Å². The van der Waals surface area contributed by atoms with E-state index >= 15 is 0 Å². The van der Waals surface area contributed by atoms with Crippen molar-refractivity contribution in [1.82, 2.24) is 9.80 Å². The summed E-state index contributed by atoms with van der Waals surface area (Å²) in [6.45, 7) is 9.08. The van der Waals surface area contributed by atoms with Crippen molar-refractivity contribution in [3.8, 4) is 0 Å². The Morgan fingerprint density at radius 2 is 1.67 bits per heavy atom. The molecule has 15 heavy (non-hydrogen) atoms. The van der Waals surface area contributed by atoms with E-state index in [1.165, 1.54) is 25.9 Å². The average molecular weight is 212 g/mol. The van der Waals surface area contributed by atoms with Crippen molar-refractivity contribution in [3.63, 3.8) is 0 Å². The van der Waals surface area contributed by atoms with Crippen molar-refractivity contribution < 1.29 is 4.74 Å². The highest BCUT2D eigenvalue weighted by Crippen LogP contribution is 2.23. The zero-order valence-corrected chi connectivity index (χ0v) is 10.1. The third kappa shape index (κ3) is 2.92. The maximum absolute atomic E-state index is 5.40. The van der Waals surface area contributed by atoms with Gasteiger partial charge < -0.3 is 9.64 Å². The zero-order valence-electron chi connectivity index (χ0n) is 10.1. The van der Waals surface area contributed by atoms with Crippen LogP contribution in [0.1, 0.15) is 19.8 Å². The molecular weight excluding hydrogens is 188 g/mol. The molecule has 1 atom stereocenters. The number of likely N-dealkylation sites (tertiary alicyclic amines) is 1. The van der Waals surface area contributed by atoms with E-state index in [0.29, 0.717) is 0 Å². The van der Waals surface area contributed by atoms with Crippen molar-refractivity contribution in [1.29, 1.82) is 0 Å². The van der Waals surface area contributed by atoms with Crippen molar-refractivity contribution in [2.75, 3.05) is 46.4 Å². The van der Waals surface area contributed by atoms with Crippen molar-refractivity contribution >= 4 is 0 Å². The summed E-state index contributed by atoms with van der Waals surface area (Å²) in [6.07, 6.45) is 2.74. The van der Waals surface area contributed by atoms with Crippen LogP contribution >= 0.6 is 0 Å². The third-order valence-electron chi connectivity index (χ3n) is 4.07. The van der Waals surface area contributed by atoms with Crippen LogP contribution in [0.15, 0.2) is 0 Å². The fraction of sp³-hybridized carbons (Fsp3) is 1.00. The van der Waals surface area contributed by atoms with Gasteiger partial charge in [0.15, 0.2) is 0 Å². The minimum atomic E-state index is 0.752. The molecule has 0 unspecified atom stereocenters. The second-order valence-electron chi connectivity index (χ2n) is 5.03. The number of morpholine rings is 1. The molecule has 0 spiro atoms. The molecule has 0 aliphatic carbocycles. The summed E-state index contributed by atoms with van der Waals surface area (Å²) in [5, 5.41) is 0. The molecule has 2 aliphatic heterocycles. The second-order valence-corrected chi connectivity index (χ2v) is 5.03. The molecule has 0 saturated carbocycles. The molecule has 0 aromatic carbocycles. The van der Waals surface area contributed by atoms with Gasteiger partial charge in [-0.15, -0.1) is 0 Å². The molecule has 2 aliphatic rings. The summed E-state index contributed by atoms with van der Waals surface area (Å²) in [4.78, 5) is 5.06. The summed E-state index contributed by atoms with van der Waals surface area (Å²) in [5.41, 5.74) is 0. The van der Waals surface area contributed by atoms with E-state index in [4.69, 9.17) is 4.74 Å². The van der Waals surface area contributed by atoms with Gasteiger partial charge in [0.2, 0.25) is 0 Å². The van der Waals surface area contributed by atoms with Gasteiger partial charge >= 0.3 is 0 Å². The topological polar surface area (TPSA) is 15.7 Å². The average Bonchev–Trinajstić information content (AvgIpc) is 2.30. The molecule has 2 rings (SSSR count). The molecule has 0 radical (unpaired) electrons. The Hall–Kier alpha value is -0.120. The van der Waals surface area contributed by atoms with E-state index in [1.54, 1.807) is 0 Å². The van der Waals surface area contributed by atoms with Crippen LogP contribution in [0.5, 0.6) is 0 Å². The van der Waals surface area contributed by atoms with Gasteiger partial charge in [0, 0.05) is 19.1 Å². The minimum absolute atomic E-state index is 0.752. The van der Waals surface area contributed by atoms with Crippen LogP contribution in [0.3, 0.4) is 0 Å². The van der Waals surface area contributed by atoms with Crippen molar-refractivity contribution in [3.05, 3.63) is 0 Å². The fourth-order valence-corrected chi connectivity index (χ4v) is 2.79. The van der Waals surface area contributed by atoms with Crippen LogP contribution in [0.25, 0.3) is 0 Å². The van der Waals surface area contributed by atoms with Gasteiger partial charge in [-0.2, -0.15) is 0 Å². The Labute approximate surface area is 93.4 Å². The highest BCUT2D eigenvalue weighted by molar-refractivity contribution is 4.81. The standard InChI is InChI=1S/C12H24N2O/c1-11(14-7-9-15-10-8-14)12-3-5-13(2)6-4-12/h11-12H,3-10H2,1-2H3/t11-/m0/s1. The summed E-state index contributed by atoms with van der Waals surface area (Å²) in [5.74, 6) is 0.902. The predicted molar refractivity (Wildman–Crippen MR) is 62.1 cm³/mol. The van der Waals surface area contributed by atoms with Gasteiger partial charge in [-0.3, -0.25) is 4.90 Å². The molecule has 88 valence electrons. The molecule has 0 amide bonds. The van der Waals surface area contributed by atoms with E-state index in [2.05, 4.69) is 23.8 Å². The number of rotatable bonds is 2. The molecule has 2 saturated heterocycles. The molecule has 3 nitrogen and oxygen atoms in total. The fourth-order valence-electron chi connectivity index (χ4n) is 2.79. The molecule has 0 aromatic rings. The molecular formula is C12H24N2O. The highest BCUT2D eigenvalue weighted by atomic mass is 16.5. The molecule has 2 heterocycles. The zero-order chi connectivity index (χ0) is 10.7. The smallest absolute Gasteiger partial charge is 0.0594 e. The minimum Gasteiger partial charge on any atom is -0.379 e. The van der Waals surface area contributed by atoms with Gasteiger partial charge in [-0.25, -0.2) is 0 Å². The van der Waals surface area contributed by atoms with Gasteiger partial charge in [0.05, 0.1) is 13.2 Å². The predicted octanol–water partition coefficient (Wildman–Crippen LogP) is 1.05. The number of hydrogen-bond donors (Lipinski definition) is 0.